The van der Waals surface area contributed by atoms with Crippen molar-refractivity contribution in [1.29, 1.82) is 0 Å². The van der Waals surface area contributed by atoms with Crippen LogP contribution in [-0.2, 0) is 4.74 Å². The predicted molar refractivity (Wildman–Crippen MR) is 159 cm³/mol. The van der Waals surface area contributed by atoms with E-state index in [1.165, 1.54) is 11.3 Å². The number of carbonyl (C=O) groups is 2. The van der Waals surface area contributed by atoms with Gasteiger partial charge < -0.3 is 24.6 Å². The predicted octanol–water partition coefficient (Wildman–Crippen LogP) is 6.33. The van der Waals surface area contributed by atoms with Gasteiger partial charge in [0.1, 0.15) is 17.5 Å². The third-order valence-corrected chi connectivity index (χ3v) is 7.70. The molecule has 2 amide bonds. The molecule has 40 heavy (non-hydrogen) atoms. The Labute approximate surface area is 237 Å². The smallest absolute Gasteiger partial charge is 0.410 e. The summed E-state index contributed by atoms with van der Waals surface area (Å²) in [6.45, 7) is 10.8. The first-order valence-corrected chi connectivity index (χ1v) is 14.4. The second-order valence-corrected chi connectivity index (χ2v) is 12.1. The molecule has 0 atom stereocenters. The number of likely N-dealkylation sites (tertiary alicyclic amines) is 1. The van der Waals surface area contributed by atoms with Crippen molar-refractivity contribution in [3.05, 3.63) is 71.8 Å². The van der Waals surface area contributed by atoms with Gasteiger partial charge >= 0.3 is 6.09 Å². The first kappa shape index (κ1) is 27.8. The molecular weight excluding hydrogens is 502 g/mol. The van der Waals surface area contributed by atoms with Crippen molar-refractivity contribution in [3.8, 4) is 5.75 Å². The minimum Gasteiger partial charge on any atom is -0.490 e. The highest BCUT2D eigenvalue weighted by molar-refractivity contribution is 5.99. The molecule has 2 aliphatic rings. The maximum atomic E-state index is 13.1. The summed E-state index contributed by atoms with van der Waals surface area (Å²) in [7, 11) is 0. The molecule has 7 nitrogen and oxygen atoms in total. The van der Waals surface area contributed by atoms with Crippen molar-refractivity contribution < 1.29 is 19.1 Å². The van der Waals surface area contributed by atoms with E-state index in [1.807, 2.05) is 51.1 Å². The molecule has 0 radical (unpaired) electrons. The lowest BCUT2D eigenvalue weighted by molar-refractivity contribution is 0.0199. The SMILES string of the molecule is Cc1ccc(N2CCC(Oc3ccc4ccc(C(=O)NC5CCN(C(=O)OC(C)(C)C)CC5)cc4c3)CC2)cc1. The van der Waals surface area contributed by atoms with Crippen LogP contribution in [0.15, 0.2) is 60.7 Å². The Balaban J connectivity index is 1.14. The summed E-state index contributed by atoms with van der Waals surface area (Å²) >= 11 is 0. The number of ether oxygens (including phenoxy) is 2. The molecule has 0 aromatic heterocycles. The largest absolute Gasteiger partial charge is 0.490 e. The Kier molecular flexibility index (Phi) is 8.19. The second-order valence-electron chi connectivity index (χ2n) is 12.1. The zero-order chi connectivity index (χ0) is 28.3. The molecule has 0 spiro atoms. The average Bonchev–Trinajstić information content (AvgIpc) is 2.93. The van der Waals surface area contributed by atoms with E-state index >= 15 is 0 Å². The number of piperidine rings is 2. The summed E-state index contributed by atoms with van der Waals surface area (Å²) in [5.41, 5.74) is 2.67. The van der Waals surface area contributed by atoms with Gasteiger partial charge in [0.05, 0.1) is 0 Å². The maximum absolute atomic E-state index is 13.1. The number of hydrogen-bond donors (Lipinski definition) is 1. The molecule has 2 fully saturated rings. The molecule has 3 aromatic carbocycles. The monoisotopic (exact) mass is 543 g/mol. The van der Waals surface area contributed by atoms with Gasteiger partial charge in [0.25, 0.3) is 5.91 Å². The van der Waals surface area contributed by atoms with Crippen LogP contribution in [0, 0.1) is 6.92 Å². The topological polar surface area (TPSA) is 71.1 Å². The van der Waals surface area contributed by atoms with Crippen molar-refractivity contribution >= 4 is 28.5 Å². The number of anilines is 1. The van der Waals surface area contributed by atoms with Gasteiger partial charge in [-0.2, -0.15) is 0 Å². The first-order valence-electron chi connectivity index (χ1n) is 14.4. The van der Waals surface area contributed by atoms with Crippen LogP contribution in [-0.4, -0.2) is 60.8 Å². The van der Waals surface area contributed by atoms with Crippen LogP contribution >= 0.6 is 0 Å². The number of hydrogen-bond acceptors (Lipinski definition) is 5. The maximum Gasteiger partial charge on any atom is 0.410 e. The number of benzene rings is 3. The van der Waals surface area contributed by atoms with Crippen molar-refractivity contribution in [1.82, 2.24) is 10.2 Å². The zero-order valence-electron chi connectivity index (χ0n) is 24.1. The van der Waals surface area contributed by atoms with Gasteiger partial charge in [0.2, 0.25) is 0 Å². The van der Waals surface area contributed by atoms with Crippen molar-refractivity contribution in [3.63, 3.8) is 0 Å². The van der Waals surface area contributed by atoms with Gasteiger partial charge in [-0.1, -0.05) is 29.8 Å². The molecule has 2 aliphatic heterocycles. The molecule has 212 valence electrons. The van der Waals surface area contributed by atoms with Crippen LogP contribution in [0.3, 0.4) is 0 Å². The highest BCUT2D eigenvalue weighted by Crippen LogP contribution is 2.27. The van der Waals surface area contributed by atoms with Gasteiger partial charge in [-0.05, 0) is 87.7 Å². The van der Waals surface area contributed by atoms with Crippen LogP contribution in [0.2, 0.25) is 0 Å². The third-order valence-electron chi connectivity index (χ3n) is 7.70. The molecule has 2 heterocycles. The molecule has 0 aliphatic carbocycles. The fraction of sp³-hybridized carbons (Fsp3) is 0.455. The quantitative estimate of drug-likeness (QED) is 0.408. The van der Waals surface area contributed by atoms with Crippen LogP contribution in [0.5, 0.6) is 5.75 Å². The van der Waals surface area contributed by atoms with Crippen molar-refractivity contribution in [2.24, 2.45) is 0 Å². The van der Waals surface area contributed by atoms with E-state index in [9.17, 15) is 9.59 Å². The third kappa shape index (κ3) is 7.06. The second kappa shape index (κ2) is 11.8. The number of nitrogens with zero attached hydrogens (tertiary/aromatic N) is 2. The van der Waals surface area contributed by atoms with Gasteiger partial charge in [-0.3, -0.25) is 4.79 Å². The fourth-order valence-electron chi connectivity index (χ4n) is 5.42. The van der Waals surface area contributed by atoms with E-state index in [4.69, 9.17) is 9.47 Å². The fourth-order valence-corrected chi connectivity index (χ4v) is 5.42. The number of fused-ring (bicyclic) bond motifs is 1. The normalized spacial score (nSPS) is 17.1. The molecule has 0 unspecified atom stereocenters. The lowest BCUT2D eigenvalue weighted by Crippen LogP contribution is -2.47. The van der Waals surface area contributed by atoms with E-state index in [1.54, 1.807) is 4.90 Å². The number of nitrogens with one attached hydrogen (secondary N) is 1. The van der Waals surface area contributed by atoms with Gasteiger partial charge in [-0.15, -0.1) is 0 Å². The number of aryl methyl sites for hydroxylation is 1. The molecule has 3 aromatic rings. The lowest BCUT2D eigenvalue weighted by Gasteiger charge is -2.34. The molecule has 0 bridgehead atoms. The van der Waals surface area contributed by atoms with Gasteiger partial charge in [0, 0.05) is 56.3 Å². The van der Waals surface area contributed by atoms with E-state index < -0.39 is 5.60 Å². The summed E-state index contributed by atoms with van der Waals surface area (Å²) < 4.78 is 11.9. The van der Waals surface area contributed by atoms with Crippen LogP contribution in [0.1, 0.15) is 62.4 Å². The van der Waals surface area contributed by atoms with Crippen LogP contribution < -0.4 is 15.0 Å². The average molecular weight is 544 g/mol. The molecule has 2 saturated heterocycles. The van der Waals surface area contributed by atoms with E-state index in [-0.39, 0.29) is 24.1 Å². The Hall–Kier alpha value is -3.74. The highest BCUT2D eigenvalue weighted by atomic mass is 16.6. The molecule has 7 heteroatoms. The standard InChI is InChI=1S/C33H41N3O4/c1-23-5-10-28(11-6-23)35-19-15-29(16-20-35)39-30-12-9-24-7-8-25(21-26(24)22-30)31(37)34-27-13-17-36(18-14-27)32(38)40-33(2,3)4/h5-12,21-22,27,29H,13-20H2,1-4H3,(H,34,37). The highest BCUT2D eigenvalue weighted by Gasteiger charge is 2.28. The minimum absolute atomic E-state index is 0.0299. The summed E-state index contributed by atoms with van der Waals surface area (Å²) in [6.07, 6.45) is 3.25. The Morgan fingerprint density at radius 1 is 0.825 bits per heavy atom. The summed E-state index contributed by atoms with van der Waals surface area (Å²) in [6, 6.07) is 20.7. The Morgan fingerprint density at radius 2 is 1.50 bits per heavy atom. The van der Waals surface area contributed by atoms with Crippen LogP contribution in [0.25, 0.3) is 10.8 Å². The van der Waals surface area contributed by atoms with E-state index in [2.05, 4.69) is 47.5 Å². The van der Waals surface area contributed by atoms with Gasteiger partial charge in [-0.25, -0.2) is 4.79 Å². The first-order chi connectivity index (χ1) is 19.1. The lowest BCUT2D eigenvalue weighted by atomic mass is 10.0. The number of rotatable bonds is 5. The van der Waals surface area contributed by atoms with Crippen molar-refractivity contribution in [2.45, 2.75) is 71.1 Å². The number of amides is 2. The molecule has 5 rings (SSSR count). The summed E-state index contributed by atoms with van der Waals surface area (Å²) in [5, 5.41) is 5.22. The molecular formula is C33H41N3O4. The summed E-state index contributed by atoms with van der Waals surface area (Å²) in [5.74, 6) is 0.751. The van der Waals surface area contributed by atoms with E-state index in [0.717, 1.165) is 42.5 Å². The summed E-state index contributed by atoms with van der Waals surface area (Å²) in [4.78, 5) is 29.5. The Bertz CT molecular complexity index is 1330. The zero-order valence-corrected chi connectivity index (χ0v) is 24.1. The van der Waals surface area contributed by atoms with E-state index in [0.29, 0.717) is 31.5 Å². The van der Waals surface area contributed by atoms with Crippen LogP contribution in [0.4, 0.5) is 10.5 Å². The molecule has 0 saturated carbocycles. The molecule has 1 N–H and O–H groups in total. The van der Waals surface area contributed by atoms with Crippen molar-refractivity contribution in [2.75, 3.05) is 31.1 Å². The Morgan fingerprint density at radius 3 is 2.17 bits per heavy atom. The van der Waals surface area contributed by atoms with Gasteiger partial charge in [0.15, 0.2) is 0 Å². The number of carbonyl (C=O) groups excluding carboxylic acids is 2. The minimum atomic E-state index is -0.511.